The molecule has 0 amide bonds. The Morgan fingerprint density at radius 3 is 1.00 bits per heavy atom. The molecular weight excluding hydrogens is 785 g/mol. The molecule has 4 nitrogen and oxygen atoms in total. The van der Waals surface area contributed by atoms with Crippen LogP contribution in [0.25, 0.3) is 22.3 Å². The lowest BCUT2D eigenvalue weighted by Crippen LogP contribution is -2.36. The van der Waals surface area contributed by atoms with Gasteiger partial charge in [-0.15, -0.1) is 0 Å². The fraction of sp³-hybridized carbons (Fsp3) is 0.333. The van der Waals surface area contributed by atoms with Crippen LogP contribution >= 0.6 is 0 Å². The minimum absolute atomic E-state index is 0.111. The van der Waals surface area contributed by atoms with E-state index in [-0.39, 0.29) is 11.1 Å². The van der Waals surface area contributed by atoms with E-state index in [9.17, 15) is 19.8 Å². The van der Waals surface area contributed by atoms with E-state index in [2.05, 4.69) is 62.4 Å². The van der Waals surface area contributed by atoms with Crippen LogP contribution in [0.2, 0.25) is 0 Å². The van der Waals surface area contributed by atoms with Crippen LogP contribution in [0.1, 0.15) is 158 Å². The van der Waals surface area contributed by atoms with Crippen molar-refractivity contribution in [3.63, 3.8) is 0 Å². The summed E-state index contributed by atoms with van der Waals surface area (Å²) >= 11 is 0. The number of aryl methyl sites for hydroxylation is 2. The predicted octanol–water partition coefficient (Wildman–Crippen LogP) is 14.5. The van der Waals surface area contributed by atoms with Crippen molar-refractivity contribution in [2.45, 2.75) is 128 Å². The van der Waals surface area contributed by atoms with E-state index in [1.165, 1.54) is 101 Å². The van der Waals surface area contributed by atoms with E-state index < -0.39 is 22.8 Å². The predicted molar refractivity (Wildman–Crippen MR) is 262 cm³/mol. The summed E-state index contributed by atoms with van der Waals surface area (Å²) in [5.74, 6) is -0.942. The molecule has 2 aliphatic rings. The molecule has 6 aromatic carbocycles. The summed E-state index contributed by atoms with van der Waals surface area (Å²) in [5, 5.41) is 26.5. The third-order valence-corrected chi connectivity index (χ3v) is 13.9. The molecule has 0 unspecified atom stereocenters. The second-order valence-corrected chi connectivity index (χ2v) is 18.2. The fourth-order valence-electron chi connectivity index (χ4n) is 10.2. The fourth-order valence-corrected chi connectivity index (χ4v) is 10.2. The Morgan fingerprint density at radius 1 is 0.359 bits per heavy atom. The van der Waals surface area contributed by atoms with Gasteiger partial charge < -0.3 is 10.2 Å². The van der Waals surface area contributed by atoms with Crippen LogP contribution in [0.15, 0.2) is 157 Å². The lowest BCUT2D eigenvalue weighted by Gasteiger charge is -2.32. The molecule has 4 heteroatoms. The maximum absolute atomic E-state index is 14.8. The average Bonchev–Trinajstić information content (AvgIpc) is 3.70. The van der Waals surface area contributed by atoms with Gasteiger partial charge in [0.15, 0.2) is 11.6 Å². The van der Waals surface area contributed by atoms with E-state index >= 15 is 0 Å². The first-order valence-corrected chi connectivity index (χ1v) is 24.2. The molecule has 2 N–H and O–H groups in total. The number of Topliss-reactive ketones (excluding diaryl/α,β-unsaturated/α-hetero) is 2. The number of hydrogen-bond donors (Lipinski definition) is 2. The highest BCUT2D eigenvalue weighted by molar-refractivity contribution is 6.25. The molecule has 0 saturated heterocycles. The van der Waals surface area contributed by atoms with Crippen LogP contribution in [-0.4, -0.2) is 21.8 Å². The van der Waals surface area contributed by atoms with Gasteiger partial charge >= 0.3 is 0 Å². The lowest BCUT2D eigenvalue weighted by molar-refractivity contribution is 0.0803. The number of fused-ring (bicyclic) bond motifs is 2. The summed E-state index contributed by atoms with van der Waals surface area (Å²) in [6.45, 7) is 4.51. The maximum Gasteiger partial charge on any atom is 0.193 e. The number of benzene rings is 6. The molecule has 2 atom stereocenters. The second kappa shape index (κ2) is 20.4. The number of rotatable bonds is 20. The van der Waals surface area contributed by atoms with Crippen molar-refractivity contribution in [3.8, 4) is 22.3 Å². The largest absolute Gasteiger partial charge is 0.376 e. The number of hydrogen-bond acceptors (Lipinski definition) is 4. The number of carbonyl (C=O) groups is 2. The summed E-state index contributed by atoms with van der Waals surface area (Å²) in [7, 11) is 0. The molecule has 0 saturated carbocycles. The van der Waals surface area contributed by atoms with Crippen LogP contribution in [0.5, 0.6) is 0 Å². The molecule has 6 aromatic rings. The highest BCUT2D eigenvalue weighted by Gasteiger charge is 2.57. The van der Waals surface area contributed by atoms with Crippen LogP contribution in [0.3, 0.4) is 0 Å². The van der Waals surface area contributed by atoms with E-state index in [1.54, 1.807) is 48.5 Å². The van der Waals surface area contributed by atoms with E-state index in [0.29, 0.717) is 33.4 Å². The van der Waals surface area contributed by atoms with Crippen molar-refractivity contribution in [1.29, 1.82) is 0 Å². The minimum atomic E-state index is -2.01. The maximum atomic E-state index is 14.8. The van der Waals surface area contributed by atoms with Crippen LogP contribution in [0, 0.1) is 0 Å². The molecule has 8 rings (SSSR count). The molecule has 64 heavy (non-hydrogen) atoms. The van der Waals surface area contributed by atoms with E-state index in [1.807, 2.05) is 48.5 Å². The van der Waals surface area contributed by atoms with Gasteiger partial charge in [0.25, 0.3) is 0 Å². The molecule has 0 bridgehead atoms. The summed E-state index contributed by atoms with van der Waals surface area (Å²) in [4.78, 5) is 29.6. The quantitative estimate of drug-likeness (QED) is 0.0593. The summed E-state index contributed by atoms with van der Waals surface area (Å²) in [6, 6.07) is 46.6. The third-order valence-electron chi connectivity index (χ3n) is 13.9. The van der Waals surface area contributed by atoms with Crippen molar-refractivity contribution in [2.75, 3.05) is 0 Å². The third kappa shape index (κ3) is 9.01. The number of aliphatic hydroxyl groups is 2. The Bertz CT molecular complexity index is 2380. The molecule has 328 valence electrons. The smallest absolute Gasteiger partial charge is 0.193 e. The summed E-state index contributed by atoms with van der Waals surface area (Å²) < 4.78 is 0. The zero-order valence-electron chi connectivity index (χ0n) is 37.9. The van der Waals surface area contributed by atoms with Gasteiger partial charge in [-0.25, -0.2) is 0 Å². The SMILES string of the molecule is CCCCCCCCCc1ccc(-c2ccc([C@]3(O)/C(=C4\C(=O)c5ccccc5[C@]4(O)c4ccc(-c5ccc(CCCCCCCCC)cc5)cc4)C(=O)c4ccccc43)cc2)cc1. The molecule has 0 radical (unpaired) electrons. The van der Waals surface area contributed by atoms with Crippen LogP contribution in [-0.2, 0) is 24.0 Å². The Morgan fingerprint density at radius 2 is 0.656 bits per heavy atom. The van der Waals surface area contributed by atoms with Crippen molar-refractivity contribution in [3.05, 3.63) is 201 Å². The Kier molecular flexibility index (Phi) is 14.3. The van der Waals surface area contributed by atoms with Gasteiger partial charge in [-0.1, -0.05) is 236 Å². The summed E-state index contributed by atoms with van der Waals surface area (Å²) in [5.41, 5.74) is 4.78. The first-order valence-electron chi connectivity index (χ1n) is 24.2. The molecule has 0 heterocycles. The number of ketones is 2. The Labute approximate surface area is 381 Å². The number of carbonyl (C=O) groups excluding carboxylic acids is 2. The Hall–Kier alpha value is -5.68. The highest BCUT2D eigenvalue weighted by Crippen LogP contribution is 2.55. The van der Waals surface area contributed by atoms with Gasteiger partial charge in [0, 0.05) is 22.3 Å². The van der Waals surface area contributed by atoms with Gasteiger partial charge in [-0.05, 0) is 70.2 Å². The Balaban J connectivity index is 1.08. The number of unbranched alkanes of at least 4 members (excludes halogenated alkanes) is 12. The first-order chi connectivity index (χ1) is 31.3. The molecule has 0 fully saturated rings. The van der Waals surface area contributed by atoms with Crippen LogP contribution < -0.4 is 0 Å². The monoisotopic (exact) mass is 848 g/mol. The van der Waals surface area contributed by atoms with Gasteiger partial charge in [-0.3, -0.25) is 9.59 Å². The zero-order chi connectivity index (χ0) is 44.5. The average molecular weight is 849 g/mol. The second-order valence-electron chi connectivity index (χ2n) is 18.2. The molecule has 2 aliphatic carbocycles. The van der Waals surface area contributed by atoms with Crippen molar-refractivity contribution in [2.24, 2.45) is 0 Å². The minimum Gasteiger partial charge on any atom is -0.376 e. The van der Waals surface area contributed by atoms with E-state index in [4.69, 9.17) is 0 Å². The van der Waals surface area contributed by atoms with Crippen molar-refractivity contribution >= 4 is 11.6 Å². The summed E-state index contributed by atoms with van der Waals surface area (Å²) in [6.07, 6.45) is 20.2. The zero-order valence-corrected chi connectivity index (χ0v) is 37.9. The van der Waals surface area contributed by atoms with Gasteiger partial charge in [0.05, 0.1) is 11.1 Å². The highest BCUT2D eigenvalue weighted by atomic mass is 16.3. The lowest BCUT2D eigenvalue weighted by atomic mass is 9.75. The van der Waals surface area contributed by atoms with Crippen molar-refractivity contribution < 1.29 is 19.8 Å². The molecule has 0 spiro atoms. The van der Waals surface area contributed by atoms with Gasteiger partial charge in [0.2, 0.25) is 0 Å². The van der Waals surface area contributed by atoms with Gasteiger partial charge in [-0.2, -0.15) is 0 Å². The van der Waals surface area contributed by atoms with Crippen LogP contribution in [0.4, 0.5) is 0 Å². The van der Waals surface area contributed by atoms with Crippen molar-refractivity contribution in [1.82, 2.24) is 0 Å². The molecule has 0 aromatic heterocycles. The normalized spacial score (nSPS) is 19.0. The standard InChI is InChI=1S/C60H64O4/c1-3-5-7-9-11-13-15-21-43-27-31-45(32-28-43)47-35-39-49(40-36-47)59(63)53-25-19-17-23-51(53)57(61)55(59)56-58(62)52-24-18-20-26-54(52)60(56,64)50-41-37-48(38-42-50)46-33-29-44(30-34-46)22-16-14-12-10-8-6-4-2/h17-20,23-42,63-64H,3-16,21-22H2,1-2H3/b56-55+/t59-,60-/m1/s1. The molecular formula is C60H64O4. The van der Waals surface area contributed by atoms with E-state index in [0.717, 1.165) is 35.1 Å². The van der Waals surface area contributed by atoms with Gasteiger partial charge in [0.1, 0.15) is 11.2 Å². The first kappa shape index (κ1) is 44.9. The topological polar surface area (TPSA) is 74.6 Å². The molecule has 0 aliphatic heterocycles.